The first-order valence-electron chi connectivity index (χ1n) is 6.20. The van der Waals surface area contributed by atoms with Crippen molar-refractivity contribution in [2.75, 3.05) is 7.05 Å². The van der Waals surface area contributed by atoms with Crippen LogP contribution in [0, 0.1) is 5.82 Å². The Morgan fingerprint density at radius 3 is 2.89 bits per heavy atom. The summed E-state index contributed by atoms with van der Waals surface area (Å²) in [7, 11) is 3.87. The molecule has 1 N–H and O–H groups in total. The number of hydrogen-bond acceptors (Lipinski definition) is 2. The van der Waals surface area contributed by atoms with E-state index in [-0.39, 0.29) is 11.9 Å². The Hall–Kier alpha value is -1.20. The first-order valence-corrected chi connectivity index (χ1v) is 6.99. The molecule has 0 saturated carbocycles. The summed E-state index contributed by atoms with van der Waals surface area (Å²) in [6, 6.07) is 4.88. The number of benzene rings is 1. The van der Waals surface area contributed by atoms with E-state index in [2.05, 4.69) is 26.2 Å². The minimum Gasteiger partial charge on any atom is -0.338 e. The van der Waals surface area contributed by atoms with Crippen molar-refractivity contribution in [2.24, 2.45) is 7.05 Å². The van der Waals surface area contributed by atoms with Gasteiger partial charge in [0.25, 0.3) is 0 Å². The lowest BCUT2D eigenvalue weighted by molar-refractivity contribution is 0.528. The molecule has 1 unspecified atom stereocenters. The van der Waals surface area contributed by atoms with E-state index in [4.69, 9.17) is 0 Å². The van der Waals surface area contributed by atoms with Gasteiger partial charge in [0, 0.05) is 36.4 Å². The van der Waals surface area contributed by atoms with Gasteiger partial charge in [0.1, 0.15) is 11.6 Å². The molecule has 1 heterocycles. The lowest BCUT2D eigenvalue weighted by Crippen LogP contribution is -2.18. The highest BCUT2D eigenvalue weighted by atomic mass is 79.9. The molecule has 1 aromatic heterocycles. The van der Waals surface area contributed by atoms with Crippen LogP contribution in [0.1, 0.15) is 23.9 Å². The fourth-order valence-electron chi connectivity index (χ4n) is 2.15. The molecule has 3 nitrogen and oxygen atoms in total. The third-order valence-electron chi connectivity index (χ3n) is 3.26. The van der Waals surface area contributed by atoms with Crippen LogP contribution in [0.15, 0.2) is 35.1 Å². The molecule has 0 amide bonds. The second-order valence-electron chi connectivity index (χ2n) is 4.50. The van der Waals surface area contributed by atoms with Gasteiger partial charge in [-0.15, -0.1) is 0 Å². The largest absolute Gasteiger partial charge is 0.338 e. The van der Waals surface area contributed by atoms with Crippen molar-refractivity contribution in [3.8, 4) is 0 Å². The summed E-state index contributed by atoms with van der Waals surface area (Å²) >= 11 is 3.48. The summed E-state index contributed by atoms with van der Waals surface area (Å²) in [5.74, 6) is 0.822. The molecule has 0 radical (unpaired) electrons. The first-order chi connectivity index (χ1) is 9.11. The molecule has 1 atom stereocenters. The van der Waals surface area contributed by atoms with Crippen molar-refractivity contribution in [2.45, 2.75) is 18.9 Å². The predicted molar refractivity (Wildman–Crippen MR) is 77.4 cm³/mol. The number of nitrogens with zero attached hydrogens (tertiary/aromatic N) is 2. The zero-order chi connectivity index (χ0) is 13.8. The molecule has 0 aliphatic carbocycles. The Labute approximate surface area is 121 Å². The SMILES string of the molecule is CNC(CCc1nccn1C)c1cc(F)ccc1Br. The molecular formula is C14H17BrFN3. The number of rotatable bonds is 5. The van der Waals surface area contributed by atoms with Crippen molar-refractivity contribution < 1.29 is 4.39 Å². The number of hydrogen-bond donors (Lipinski definition) is 1. The molecule has 2 rings (SSSR count). The molecule has 1 aromatic carbocycles. The van der Waals surface area contributed by atoms with Crippen molar-refractivity contribution in [3.63, 3.8) is 0 Å². The zero-order valence-corrected chi connectivity index (χ0v) is 12.6. The molecule has 5 heteroatoms. The van der Waals surface area contributed by atoms with Gasteiger partial charge in [0.2, 0.25) is 0 Å². The predicted octanol–water partition coefficient (Wildman–Crippen LogP) is 3.22. The molecule has 0 aliphatic rings. The fourth-order valence-corrected chi connectivity index (χ4v) is 2.67. The van der Waals surface area contributed by atoms with E-state index in [1.54, 1.807) is 18.3 Å². The number of imidazole rings is 1. The molecule has 0 saturated heterocycles. The average Bonchev–Trinajstić information content (AvgIpc) is 2.80. The van der Waals surface area contributed by atoms with E-state index in [0.29, 0.717) is 0 Å². The van der Waals surface area contributed by atoms with Gasteiger partial charge < -0.3 is 9.88 Å². The smallest absolute Gasteiger partial charge is 0.123 e. The molecule has 0 fully saturated rings. The van der Waals surface area contributed by atoms with Crippen molar-refractivity contribution >= 4 is 15.9 Å². The summed E-state index contributed by atoms with van der Waals surface area (Å²) in [5.41, 5.74) is 0.941. The maximum Gasteiger partial charge on any atom is 0.123 e. The van der Waals surface area contributed by atoms with Gasteiger partial charge in [-0.25, -0.2) is 9.37 Å². The molecule has 102 valence electrons. The van der Waals surface area contributed by atoms with Crippen LogP contribution < -0.4 is 5.32 Å². The average molecular weight is 326 g/mol. The molecule has 2 aromatic rings. The van der Waals surface area contributed by atoms with E-state index < -0.39 is 0 Å². The van der Waals surface area contributed by atoms with Crippen LogP contribution in [-0.4, -0.2) is 16.6 Å². The Kier molecular flexibility index (Phi) is 4.71. The van der Waals surface area contributed by atoms with E-state index in [9.17, 15) is 4.39 Å². The van der Waals surface area contributed by atoms with Crippen LogP contribution in [0.25, 0.3) is 0 Å². The van der Waals surface area contributed by atoms with Gasteiger partial charge in [0.05, 0.1) is 0 Å². The molecular weight excluding hydrogens is 309 g/mol. The summed E-state index contributed by atoms with van der Waals surface area (Å²) in [6.45, 7) is 0. The Balaban J connectivity index is 2.12. The topological polar surface area (TPSA) is 29.9 Å². The van der Waals surface area contributed by atoms with E-state index in [1.165, 1.54) is 6.07 Å². The lowest BCUT2D eigenvalue weighted by atomic mass is 10.0. The third-order valence-corrected chi connectivity index (χ3v) is 3.98. The van der Waals surface area contributed by atoms with E-state index >= 15 is 0 Å². The normalized spacial score (nSPS) is 12.6. The summed E-state index contributed by atoms with van der Waals surface area (Å²) in [5, 5.41) is 3.23. The number of nitrogens with one attached hydrogen (secondary N) is 1. The van der Waals surface area contributed by atoms with Crippen LogP contribution >= 0.6 is 15.9 Å². The molecule has 19 heavy (non-hydrogen) atoms. The number of aromatic nitrogens is 2. The highest BCUT2D eigenvalue weighted by molar-refractivity contribution is 9.10. The van der Waals surface area contributed by atoms with Crippen LogP contribution in [0.2, 0.25) is 0 Å². The van der Waals surface area contributed by atoms with Gasteiger partial charge in [-0.3, -0.25) is 0 Å². The maximum atomic E-state index is 13.4. The minimum absolute atomic E-state index is 0.0989. The van der Waals surface area contributed by atoms with Gasteiger partial charge in [-0.2, -0.15) is 0 Å². The fraction of sp³-hybridized carbons (Fsp3) is 0.357. The quantitative estimate of drug-likeness (QED) is 0.914. The molecule has 0 bridgehead atoms. The van der Waals surface area contributed by atoms with E-state index in [0.717, 1.165) is 28.7 Å². The molecule has 0 aliphatic heterocycles. The second kappa shape index (κ2) is 6.30. The number of halogens is 2. The zero-order valence-electron chi connectivity index (χ0n) is 11.0. The maximum absolute atomic E-state index is 13.4. The van der Waals surface area contributed by atoms with E-state index in [1.807, 2.05) is 24.9 Å². The number of aryl methyl sites for hydroxylation is 2. The van der Waals surface area contributed by atoms with Gasteiger partial charge in [-0.05, 0) is 37.2 Å². The van der Waals surface area contributed by atoms with Crippen LogP contribution in [-0.2, 0) is 13.5 Å². The lowest BCUT2D eigenvalue weighted by Gasteiger charge is -2.18. The van der Waals surface area contributed by atoms with Crippen molar-refractivity contribution in [1.82, 2.24) is 14.9 Å². The van der Waals surface area contributed by atoms with Gasteiger partial charge >= 0.3 is 0 Å². The summed E-state index contributed by atoms with van der Waals surface area (Å²) in [4.78, 5) is 4.31. The highest BCUT2D eigenvalue weighted by Crippen LogP contribution is 2.27. The Morgan fingerprint density at radius 1 is 1.47 bits per heavy atom. The third kappa shape index (κ3) is 3.42. The van der Waals surface area contributed by atoms with Crippen molar-refractivity contribution in [1.29, 1.82) is 0 Å². The highest BCUT2D eigenvalue weighted by Gasteiger charge is 2.14. The van der Waals surface area contributed by atoms with Crippen LogP contribution in [0.5, 0.6) is 0 Å². The monoisotopic (exact) mass is 325 g/mol. The first kappa shape index (κ1) is 14.2. The van der Waals surface area contributed by atoms with Gasteiger partial charge in [-0.1, -0.05) is 15.9 Å². The van der Waals surface area contributed by atoms with Gasteiger partial charge in [0.15, 0.2) is 0 Å². The molecule has 0 spiro atoms. The Morgan fingerprint density at radius 2 is 2.26 bits per heavy atom. The summed E-state index contributed by atoms with van der Waals surface area (Å²) < 4.78 is 16.3. The summed E-state index contributed by atoms with van der Waals surface area (Å²) in [6.07, 6.45) is 5.44. The second-order valence-corrected chi connectivity index (χ2v) is 5.35. The standard InChI is InChI=1S/C14H17BrFN3/c1-17-13(5-6-14-18-7-8-19(14)2)11-9-10(16)3-4-12(11)15/h3-4,7-9,13,17H,5-6H2,1-2H3. The Bertz CT molecular complexity index is 553. The van der Waals surface area contributed by atoms with Crippen LogP contribution in [0.3, 0.4) is 0 Å². The van der Waals surface area contributed by atoms with Crippen LogP contribution in [0.4, 0.5) is 4.39 Å². The minimum atomic E-state index is -0.213. The van der Waals surface area contributed by atoms with Crippen molar-refractivity contribution in [3.05, 3.63) is 52.3 Å².